The van der Waals surface area contributed by atoms with Crippen LogP contribution >= 0.6 is 15.9 Å². The molecule has 0 heterocycles. The molecule has 0 bridgehead atoms. The molecule has 0 saturated heterocycles. The van der Waals surface area contributed by atoms with E-state index in [4.69, 9.17) is 0 Å². The summed E-state index contributed by atoms with van der Waals surface area (Å²) in [6.45, 7) is 2.46. The monoisotopic (exact) mass is 306 g/mol. The van der Waals surface area contributed by atoms with Crippen LogP contribution in [0.1, 0.15) is 13.3 Å². The van der Waals surface area contributed by atoms with Crippen molar-refractivity contribution in [1.82, 2.24) is 5.32 Å². The number of carbonyl (C=O) groups is 1. The van der Waals surface area contributed by atoms with Crippen molar-refractivity contribution in [2.45, 2.75) is 13.3 Å². The quantitative estimate of drug-likeness (QED) is 0.878. The molecule has 17 heavy (non-hydrogen) atoms. The molecule has 1 aromatic rings. The maximum Gasteiger partial charge on any atom is 0.239 e. The molecule has 0 unspecified atom stereocenters. The van der Waals surface area contributed by atoms with Crippen molar-refractivity contribution in [3.05, 3.63) is 28.2 Å². The highest BCUT2D eigenvalue weighted by atomic mass is 79.9. The molecule has 94 valence electrons. The first-order valence-corrected chi connectivity index (χ1v) is 5.99. The first-order valence-electron chi connectivity index (χ1n) is 5.19. The Balaban J connectivity index is 2.60. The van der Waals surface area contributed by atoms with E-state index in [1.54, 1.807) is 0 Å². The van der Waals surface area contributed by atoms with Crippen molar-refractivity contribution in [3.63, 3.8) is 0 Å². The first kappa shape index (κ1) is 13.9. The summed E-state index contributed by atoms with van der Waals surface area (Å²) in [7, 11) is 0. The number of halogens is 3. The molecule has 2 N–H and O–H groups in total. The summed E-state index contributed by atoms with van der Waals surface area (Å²) in [5, 5.41) is 5.26. The fraction of sp³-hybridized carbons (Fsp3) is 0.364. The van der Waals surface area contributed by atoms with Crippen molar-refractivity contribution in [2.24, 2.45) is 0 Å². The fourth-order valence-electron chi connectivity index (χ4n) is 1.21. The summed E-state index contributed by atoms with van der Waals surface area (Å²) in [6, 6.07) is 1.90. The first-order chi connectivity index (χ1) is 8.04. The van der Waals surface area contributed by atoms with Gasteiger partial charge in [0.2, 0.25) is 5.91 Å². The highest BCUT2D eigenvalue weighted by molar-refractivity contribution is 9.10. The summed E-state index contributed by atoms with van der Waals surface area (Å²) in [4.78, 5) is 11.3. The van der Waals surface area contributed by atoms with Gasteiger partial charge in [-0.3, -0.25) is 4.79 Å². The van der Waals surface area contributed by atoms with E-state index in [0.717, 1.165) is 18.6 Å². The van der Waals surface area contributed by atoms with Crippen molar-refractivity contribution < 1.29 is 13.6 Å². The fourth-order valence-corrected chi connectivity index (χ4v) is 1.75. The van der Waals surface area contributed by atoms with Crippen molar-refractivity contribution in [1.29, 1.82) is 0 Å². The summed E-state index contributed by atoms with van der Waals surface area (Å²) in [6.07, 6.45) is 0.834. The van der Waals surface area contributed by atoms with Crippen LogP contribution in [0.5, 0.6) is 0 Å². The van der Waals surface area contributed by atoms with Crippen LogP contribution in [0.25, 0.3) is 0 Å². The molecule has 6 heteroatoms. The van der Waals surface area contributed by atoms with E-state index >= 15 is 0 Å². The van der Waals surface area contributed by atoms with Crippen LogP contribution in [0.3, 0.4) is 0 Å². The molecule has 0 radical (unpaired) electrons. The topological polar surface area (TPSA) is 41.1 Å². The summed E-state index contributed by atoms with van der Waals surface area (Å²) >= 11 is 3.03. The SMILES string of the molecule is CCCNC(=O)CNc1c(F)cc(F)cc1Br. The second-order valence-electron chi connectivity index (χ2n) is 3.45. The Labute approximate surface area is 107 Å². The lowest BCUT2D eigenvalue weighted by Crippen LogP contribution is -2.30. The Morgan fingerprint density at radius 3 is 2.71 bits per heavy atom. The normalized spacial score (nSPS) is 10.1. The Morgan fingerprint density at radius 1 is 1.41 bits per heavy atom. The molecule has 0 aliphatic rings. The average molecular weight is 307 g/mol. The highest BCUT2D eigenvalue weighted by Gasteiger charge is 2.10. The van der Waals surface area contributed by atoms with Gasteiger partial charge >= 0.3 is 0 Å². The van der Waals surface area contributed by atoms with Gasteiger partial charge in [-0.1, -0.05) is 6.92 Å². The predicted molar refractivity (Wildman–Crippen MR) is 65.8 cm³/mol. The van der Waals surface area contributed by atoms with E-state index < -0.39 is 11.6 Å². The minimum absolute atomic E-state index is 0.0544. The summed E-state index contributed by atoms with van der Waals surface area (Å²) in [5.74, 6) is -1.64. The van der Waals surface area contributed by atoms with Crippen LogP contribution in [-0.2, 0) is 4.79 Å². The Bertz CT molecular complexity index is 389. The van der Waals surface area contributed by atoms with Crippen LogP contribution in [0, 0.1) is 11.6 Å². The van der Waals surface area contributed by atoms with Gasteiger partial charge in [0.15, 0.2) is 0 Å². The van der Waals surface area contributed by atoms with Gasteiger partial charge in [0.05, 0.1) is 12.2 Å². The lowest BCUT2D eigenvalue weighted by atomic mass is 10.3. The average Bonchev–Trinajstić information content (AvgIpc) is 2.24. The molecule has 1 aromatic carbocycles. The number of hydrogen-bond acceptors (Lipinski definition) is 2. The Kier molecular flexibility index (Phi) is 5.34. The second kappa shape index (κ2) is 6.54. The van der Waals surface area contributed by atoms with Gasteiger partial charge in [0.1, 0.15) is 11.6 Å². The number of benzene rings is 1. The third kappa shape index (κ3) is 4.30. The smallest absolute Gasteiger partial charge is 0.239 e. The minimum Gasteiger partial charge on any atom is -0.373 e. The van der Waals surface area contributed by atoms with Crippen LogP contribution in [-0.4, -0.2) is 19.0 Å². The lowest BCUT2D eigenvalue weighted by molar-refractivity contribution is -0.119. The zero-order valence-corrected chi connectivity index (χ0v) is 10.9. The molecule has 1 amide bonds. The minimum atomic E-state index is -0.736. The maximum atomic E-state index is 13.3. The van der Waals surface area contributed by atoms with Gasteiger partial charge in [-0.05, 0) is 28.4 Å². The molecular formula is C11H13BrF2N2O. The zero-order valence-electron chi connectivity index (χ0n) is 9.32. The highest BCUT2D eigenvalue weighted by Crippen LogP contribution is 2.26. The zero-order chi connectivity index (χ0) is 12.8. The van der Waals surface area contributed by atoms with E-state index in [9.17, 15) is 13.6 Å². The third-order valence-corrected chi connectivity index (χ3v) is 2.63. The van der Waals surface area contributed by atoms with Gasteiger partial charge in [-0.15, -0.1) is 0 Å². The number of amides is 1. The van der Waals surface area contributed by atoms with Crippen molar-refractivity contribution in [2.75, 3.05) is 18.4 Å². The Morgan fingerprint density at radius 2 is 2.12 bits per heavy atom. The summed E-state index contributed by atoms with van der Waals surface area (Å²) < 4.78 is 26.4. The van der Waals surface area contributed by atoms with Gasteiger partial charge in [-0.2, -0.15) is 0 Å². The molecule has 0 aliphatic carbocycles. The second-order valence-corrected chi connectivity index (χ2v) is 4.30. The van der Waals surface area contributed by atoms with E-state index in [0.29, 0.717) is 6.54 Å². The van der Waals surface area contributed by atoms with E-state index in [-0.39, 0.29) is 22.6 Å². The van der Waals surface area contributed by atoms with Gasteiger partial charge in [0, 0.05) is 17.1 Å². The van der Waals surface area contributed by atoms with Crippen LogP contribution in [0.4, 0.5) is 14.5 Å². The predicted octanol–water partition coefficient (Wildman–Crippen LogP) is 2.67. The lowest BCUT2D eigenvalue weighted by Gasteiger charge is -2.10. The molecule has 3 nitrogen and oxygen atoms in total. The summed E-state index contributed by atoms with van der Waals surface area (Å²) in [5.41, 5.74) is 0.0815. The van der Waals surface area contributed by atoms with Gasteiger partial charge in [0.25, 0.3) is 0 Å². The number of anilines is 1. The van der Waals surface area contributed by atoms with Crippen LogP contribution in [0.2, 0.25) is 0 Å². The number of nitrogens with one attached hydrogen (secondary N) is 2. The van der Waals surface area contributed by atoms with Crippen LogP contribution < -0.4 is 10.6 Å². The molecular weight excluding hydrogens is 294 g/mol. The molecule has 0 aliphatic heterocycles. The number of hydrogen-bond donors (Lipinski definition) is 2. The molecule has 0 spiro atoms. The third-order valence-electron chi connectivity index (χ3n) is 2.00. The maximum absolute atomic E-state index is 13.3. The molecule has 1 rings (SSSR count). The van der Waals surface area contributed by atoms with E-state index in [1.807, 2.05) is 6.92 Å². The van der Waals surface area contributed by atoms with Crippen molar-refractivity contribution >= 4 is 27.5 Å². The molecule has 0 saturated carbocycles. The number of carbonyl (C=O) groups excluding carboxylic acids is 1. The molecule has 0 atom stereocenters. The standard InChI is InChI=1S/C11H13BrF2N2O/c1-2-3-15-10(17)6-16-11-8(12)4-7(13)5-9(11)14/h4-5,16H,2-3,6H2,1H3,(H,15,17). The van der Waals surface area contributed by atoms with E-state index in [2.05, 4.69) is 26.6 Å². The Hall–Kier alpha value is -1.17. The van der Waals surface area contributed by atoms with Gasteiger partial charge in [-0.25, -0.2) is 8.78 Å². The molecule has 0 fully saturated rings. The van der Waals surface area contributed by atoms with E-state index in [1.165, 1.54) is 0 Å². The van der Waals surface area contributed by atoms with Crippen LogP contribution in [0.15, 0.2) is 16.6 Å². The number of rotatable bonds is 5. The van der Waals surface area contributed by atoms with Crippen molar-refractivity contribution in [3.8, 4) is 0 Å². The van der Waals surface area contributed by atoms with Gasteiger partial charge < -0.3 is 10.6 Å². The molecule has 0 aromatic heterocycles. The largest absolute Gasteiger partial charge is 0.373 e.